The molecule has 1 unspecified atom stereocenters. The van der Waals surface area contributed by atoms with Crippen molar-refractivity contribution in [3.05, 3.63) is 71.5 Å². The van der Waals surface area contributed by atoms with E-state index in [0.717, 1.165) is 17.5 Å². The lowest BCUT2D eigenvalue weighted by atomic mass is 10.0. The third-order valence-electron chi connectivity index (χ3n) is 5.52. The van der Waals surface area contributed by atoms with Gasteiger partial charge in [-0.1, -0.05) is 37.3 Å². The van der Waals surface area contributed by atoms with Crippen LogP contribution in [0, 0.1) is 0 Å². The van der Waals surface area contributed by atoms with E-state index < -0.39 is 11.7 Å². The Morgan fingerprint density at radius 2 is 1.90 bits per heavy atom. The number of nitrogens with zero attached hydrogens (tertiary/aromatic N) is 2. The first-order valence-electron chi connectivity index (χ1n) is 9.99. The van der Waals surface area contributed by atoms with Gasteiger partial charge in [0.05, 0.1) is 5.56 Å². The van der Waals surface area contributed by atoms with Crippen LogP contribution in [0.1, 0.15) is 35.0 Å². The summed E-state index contributed by atoms with van der Waals surface area (Å²) in [6.07, 6.45) is -3.88. The average Bonchev–Trinajstić information content (AvgIpc) is 3.18. The van der Waals surface area contributed by atoms with E-state index in [2.05, 4.69) is 0 Å². The maximum absolute atomic E-state index is 13.0. The smallest absolute Gasteiger partial charge is 0.416 e. The largest absolute Gasteiger partial charge is 0.451 e. The van der Waals surface area contributed by atoms with Crippen molar-refractivity contribution in [2.24, 2.45) is 0 Å². The summed E-state index contributed by atoms with van der Waals surface area (Å²) in [6, 6.07) is 13.6. The number of carbonyl (C=O) groups is 2. The van der Waals surface area contributed by atoms with Crippen molar-refractivity contribution < 1.29 is 27.2 Å². The SMILES string of the molecule is CCC1CN(C(=O)c2cc3ccccc3o2)CC(=O)N1Cc1cccc(C(F)(F)F)c1. The van der Waals surface area contributed by atoms with Crippen molar-refractivity contribution in [3.63, 3.8) is 0 Å². The zero-order valence-corrected chi connectivity index (χ0v) is 16.9. The molecule has 1 aromatic heterocycles. The lowest BCUT2D eigenvalue weighted by Gasteiger charge is -2.40. The van der Waals surface area contributed by atoms with Crippen molar-refractivity contribution in [1.82, 2.24) is 9.80 Å². The molecule has 0 bridgehead atoms. The Bertz CT molecular complexity index is 1090. The summed E-state index contributed by atoms with van der Waals surface area (Å²) in [5.74, 6) is -0.517. The maximum Gasteiger partial charge on any atom is 0.416 e. The minimum atomic E-state index is -4.44. The lowest BCUT2D eigenvalue weighted by Crippen LogP contribution is -2.57. The Morgan fingerprint density at radius 1 is 1.13 bits per heavy atom. The second kappa shape index (κ2) is 8.09. The Morgan fingerprint density at radius 3 is 2.61 bits per heavy atom. The molecule has 2 aromatic carbocycles. The fourth-order valence-corrected chi connectivity index (χ4v) is 3.88. The molecule has 1 aliphatic rings. The zero-order valence-electron chi connectivity index (χ0n) is 16.9. The van der Waals surface area contributed by atoms with E-state index in [4.69, 9.17) is 4.42 Å². The number of furan rings is 1. The number of para-hydroxylation sites is 1. The summed E-state index contributed by atoms with van der Waals surface area (Å²) in [6.45, 7) is 2.09. The third kappa shape index (κ3) is 4.28. The molecule has 4 rings (SSSR count). The molecule has 1 aliphatic heterocycles. The van der Waals surface area contributed by atoms with Crippen LogP contribution in [-0.4, -0.2) is 40.7 Å². The number of piperazine rings is 1. The quantitative estimate of drug-likeness (QED) is 0.602. The van der Waals surface area contributed by atoms with Crippen molar-refractivity contribution in [1.29, 1.82) is 0 Å². The van der Waals surface area contributed by atoms with Crippen LogP contribution < -0.4 is 0 Å². The Labute approximate surface area is 177 Å². The van der Waals surface area contributed by atoms with Crippen LogP contribution in [0.25, 0.3) is 11.0 Å². The number of carbonyl (C=O) groups excluding carboxylic acids is 2. The van der Waals surface area contributed by atoms with Gasteiger partial charge in [-0.3, -0.25) is 9.59 Å². The first-order valence-corrected chi connectivity index (χ1v) is 9.99. The van der Waals surface area contributed by atoms with Gasteiger partial charge in [0.2, 0.25) is 5.91 Å². The molecule has 5 nitrogen and oxygen atoms in total. The van der Waals surface area contributed by atoms with Crippen LogP contribution in [0.3, 0.4) is 0 Å². The topological polar surface area (TPSA) is 53.8 Å². The number of amides is 2. The van der Waals surface area contributed by atoms with Gasteiger partial charge in [0.1, 0.15) is 12.1 Å². The van der Waals surface area contributed by atoms with Gasteiger partial charge in [-0.25, -0.2) is 0 Å². The second-order valence-corrected chi connectivity index (χ2v) is 7.62. The van der Waals surface area contributed by atoms with Crippen LogP contribution in [0.2, 0.25) is 0 Å². The molecule has 1 atom stereocenters. The molecule has 3 aromatic rings. The van der Waals surface area contributed by atoms with Gasteiger partial charge in [0.25, 0.3) is 5.91 Å². The van der Waals surface area contributed by atoms with Gasteiger partial charge in [0.15, 0.2) is 5.76 Å². The second-order valence-electron chi connectivity index (χ2n) is 7.62. The van der Waals surface area contributed by atoms with Gasteiger partial charge in [-0.05, 0) is 36.2 Å². The highest BCUT2D eigenvalue weighted by atomic mass is 19.4. The van der Waals surface area contributed by atoms with E-state index in [1.807, 2.05) is 25.1 Å². The molecule has 1 fully saturated rings. The highest BCUT2D eigenvalue weighted by molar-refractivity contribution is 5.98. The van der Waals surface area contributed by atoms with Gasteiger partial charge in [-0.2, -0.15) is 13.2 Å². The van der Waals surface area contributed by atoms with E-state index in [1.165, 1.54) is 11.0 Å². The van der Waals surface area contributed by atoms with Crippen molar-refractivity contribution in [2.45, 2.75) is 32.1 Å². The van der Waals surface area contributed by atoms with Crippen LogP contribution in [-0.2, 0) is 17.5 Å². The number of hydrogen-bond acceptors (Lipinski definition) is 3. The van der Waals surface area contributed by atoms with Crippen molar-refractivity contribution in [3.8, 4) is 0 Å². The summed E-state index contributed by atoms with van der Waals surface area (Å²) in [5, 5.41) is 0.799. The Balaban J connectivity index is 1.51. The molecule has 1 saturated heterocycles. The molecule has 8 heteroatoms. The summed E-state index contributed by atoms with van der Waals surface area (Å²) >= 11 is 0. The molecule has 162 valence electrons. The number of rotatable bonds is 4. The van der Waals surface area contributed by atoms with Crippen LogP contribution in [0.5, 0.6) is 0 Å². The van der Waals surface area contributed by atoms with Gasteiger partial charge >= 0.3 is 6.18 Å². The third-order valence-corrected chi connectivity index (χ3v) is 5.52. The number of alkyl halides is 3. The maximum atomic E-state index is 13.0. The molecule has 0 spiro atoms. The molecule has 2 amide bonds. The standard InChI is InChI=1S/C23H21F3N2O3/c1-2-18-13-27(22(30)20-11-16-7-3-4-9-19(16)31-20)14-21(29)28(18)12-15-6-5-8-17(10-15)23(24,25)26/h3-11,18H,2,12-14H2,1H3. The highest BCUT2D eigenvalue weighted by Gasteiger charge is 2.36. The van der Waals surface area contributed by atoms with Gasteiger partial charge in [0, 0.05) is 24.5 Å². The monoisotopic (exact) mass is 430 g/mol. The molecule has 2 heterocycles. The minimum absolute atomic E-state index is 0.0634. The highest BCUT2D eigenvalue weighted by Crippen LogP contribution is 2.30. The van der Waals surface area contributed by atoms with E-state index in [9.17, 15) is 22.8 Å². The molecular weight excluding hydrogens is 409 g/mol. The number of fused-ring (bicyclic) bond motifs is 1. The first kappa shape index (κ1) is 21.0. The Hall–Kier alpha value is -3.29. The predicted octanol–water partition coefficient (Wildman–Crippen LogP) is 4.71. The predicted molar refractivity (Wildman–Crippen MR) is 108 cm³/mol. The number of halogens is 3. The first-order chi connectivity index (χ1) is 14.8. The normalized spacial score (nSPS) is 17.4. The fraction of sp³-hybridized carbons (Fsp3) is 0.304. The molecule has 0 radical (unpaired) electrons. The summed E-state index contributed by atoms with van der Waals surface area (Å²) < 4.78 is 44.7. The number of hydrogen-bond donors (Lipinski definition) is 0. The van der Waals surface area contributed by atoms with E-state index in [0.29, 0.717) is 17.6 Å². The minimum Gasteiger partial charge on any atom is -0.451 e. The van der Waals surface area contributed by atoms with E-state index >= 15 is 0 Å². The molecule has 0 N–H and O–H groups in total. The summed E-state index contributed by atoms with van der Waals surface area (Å²) in [5.41, 5.74) is 0.246. The van der Waals surface area contributed by atoms with Crippen LogP contribution >= 0.6 is 0 Å². The van der Waals surface area contributed by atoms with Crippen molar-refractivity contribution in [2.75, 3.05) is 13.1 Å². The fourth-order valence-electron chi connectivity index (χ4n) is 3.88. The van der Waals surface area contributed by atoms with E-state index in [1.54, 1.807) is 23.1 Å². The summed E-state index contributed by atoms with van der Waals surface area (Å²) in [4.78, 5) is 28.8. The van der Waals surface area contributed by atoms with Crippen LogP contribution in [0.15, 0.2) is 59.0 Å². The lowest BCUT2D eigenvalue weighted by molar-refractivity contribution is -0.139. The molecule has 0 aliphatic carbocycles. The van der Waals surface area contributed by atoms with E-state index in [-0.39, 0.29) is 43.3 Å². The van der Waals surface area contributed by atoms with Gasteiger partial charge in [-0.15, -0.1) is 0 Å². The number of benzene rings is 2. The van der Waals surface area contributed by atoms with Crippen molar-refractivity contribution >= 4 is 22.8 Å². The average molecular weight is 430 g/mol. The van der Waals surface area contributed by atoms with Crippen LogP contribution in [0.4, 0.5) is 13.2 Å². The van der Waals surface area contributed by atoms with Gasteiger partial charge < -0.3 is 14.2 Å². The molecule has 0 saturated carbocycles. The Kier molecular flexibility index (Phi) is 5.47. The summed E-state index contributed by atoms with van der Waals surface area (Å²) in [7, 11) is 0. The molecule has 31 heavy (non-hydrogen) atoms. The zero-order chi connectivity index (χ0) is 22.2. The molecular formula is C23H21F3N2O3.